The van der Waals surface area contributed by atoms with Crippen LogP contribution < -0.4 is 5.32 Å². The molecule has 4 aliphatic heterocycles. The van der Waals surface area contributed by atoms with Gasteiger partial charge in [-0.25, -0.2) is 9.37 Å². The number of anilines is 1. The van der Waals surface area contributed by atoms with E-state index >= 15 is 4.39 Å². The number of halogens is 3. The lowest BCUT2D eigenvalue weighted by atomic mass is 9.70. The third-order valence-electron chi connectivity index (χ3n) is 11.3. The van der Waals surface area contributed by atoms with Crippen molar-refractivity contribution in [3.8, 4) is 0 Å². The first-order valence-electron chi connectivity index (χ1n) is 16.6. The summed E-state index contributed by atoms with van der Waals surface area (Å²) in [6.45, 7) is 4.52. The molecule has 1 aliphatic carbocycles. The van der Waals surface area contributed by atoms with Crippen LogP contribution in [0.4, 0.5) is 10.1 Å². The van der Waals surface area contributed by atoms with Crippen molar-refractivity contribution in [3.63, 3.8) is 0 Å². The molecular formula is C36H35Cl2FN6O2. The van der Waals surface area contributed by atoms with E-state index in [1.165, 1.54) is 0 Å². The van der Waals surface area contributed by atoms with Gasteiger partial charge in [0.1, 0.15) is 17.2 Å². The molecule has 2 saturated heterocycles. The van der Waals surface area contributed by atoms with Gasteiger partial charge in [-0.1, -0.05) is 41.4 Å². The number of amides is 2. The number of hydrogen-bond acceptors (Lipinski definition) is 5. The van der Waals surface area contributed by atoms with Gasteiger partial charge in [-0.15, -0.1) is 0 Å². The van der Waals surface area contributed by atoms with E-state index in [1.54, 1.807) is 24.3 Å². The molecule has 242 valence electrons. The van der Waals surface area contributed by atoms with Crippen molar-refractivity contribution in [1.82, 2.24) is 24.3 Å². The van der Waals surface area contributed by atoms with Gasteiger partial charge in [0.15, 0.2) is 0 Å². The van der Waals surface area contributed by atoms with Crippen molar-refractivity contribution in [2.45, 2.75) is 49.2 Å². The minimum absolute atomic E-state index is 0.0102. The largest absolute Gasteiger partial charge is 0.336 e. The van der Waals surface area contributed by atoms with E-state index < -0.39 is 17.3 Å². The summed E-state index contributed by atoms with van der Waals surface area (Å²) in [4.78, 5) is 40.0. The van der Waals surface area contributed by atoms with E-state index in [4.69, 9.17) is 28.2 Å². The van der Waals surface area contributed by atoms with Crippen LogP contribution in [-0.4, -0.2) is 81.9 Å². The fourth-order valence-corrected chi connectivity index (χ4v) is 9.27. The molecule has 9 rings (SSSR count). The fourth-order valence-electron chi connectivity index (χ4n) is 8.92. The van der Waals surface area contributed by atoms with Gasteiger partial charge >= 0.3 is 0 Å². The van der Waals surface area contributed by atoms with E-state index in [0.717, 1.165) is 61.3 Å². The average Bonchev–Trinajstić information content (AvgIpc) is 3.65. The van der Waals surface area contributed by atoms with Crippen molar-refractivity contribution in [1.29, 1.82) is 0 Å². The number of carbonyl (C=O) groups is 2. The lowest BCUT2D eigenvalue weighted by molar-refractivity contribution is -0.128. The van der Waals surface area contributed by atoms with Crippen LogP contribution in [-0.2, 0) is 16.9 Å². The average molecular weight is 674 g/mol. The second-order valence-corrected chi connectivity index (χ2v) is 14.8. The molecule has 1 saturated carbocycles. The lowest BCUT2D eigenvalue weighted by Crippen LogP contribution is -2.53. The van der Waals surface area contributed by atoms with Gasteiger partial charge in [0, 0.05) is 79.0 Å². The quantitative estimate of drug-likeness (QED) is 0.284. The molecule has 4 aromatic rings. The number of aromatic nitrogens is 2. The highest BCUT2D eigenvalue weighted by molar-refractivity contribution is 6.31. The molecule has 5 heterocycles. The number of aryl methyl sites for hydroxylation is 1. The number of piperazine rings is 1. The molecule has 1 N–H and O–H groups in total. The van der Waals surface area contributed by atoms with Crippen LogP contribution in [0.1, 0.15) is 58.4 Å². The topological polar surface area (TPSA) is 73.7 Å². The summed E-state index contributed by atoms with van der Waals surface area (Å²) in [5.41, 5.74) is 3.00. The maximum Gasteiger partial charge on any atom is 0.254 e. The molecule has 4 atom stereocenters. The zero-order chi connectivity index (χ0) is 32.2. The van der Waals surface area contributed by atoms with E-state index in [0.29, 0.717) is 47.4 Å². The van der Waals surface area contributed by atoms with Crippen LogP contribution in [0.3, 0.4) is 0 Å². The third-order valence-corrected chi connectivity index (χ3v) is 11.8. The van der Waals surface area contributed by atoms with Crippen molar-refractivity contribution < 1.29 is 14.0 Å². The Labute approximate surface area is 282 Å². The number of likely N-dealkylation sites (N-methyl/N-ethyl adjacent to an activating group) is 1. The molecule has 8 nitrogen and oxygen atoms in total. The third kappa shape index (κ3) is 4.36. The summed E-state index contributed by atoms with van der Waals surface area (Å²) < 4.78 is 18.6. The highest BCUT2D eigenvalue weighted by Gasteiger charge is 2.69. The molecule has 1 aromatic heterocycles. The van der Waals surface area contributed by atoms with Gasteiger partial charge in [-0.05, 0) is 74.2 Å². The molecule has 2 amide bonds. The minimum atomic E-state index is -1.18. The maximum atomic E-state index is 16.4. The molecule has 3 aromatic carbocycles. The standard InChI is InChI=1S/C36H35Cl2FN6O2/c1-42-13-15-43(16-14-42)34(46)21-7-10-28-27(17-21)40-33-30-29(11-12-44(28)33)45(19-20-5-6-20)36(31(30)23-3-2-4-25(38)32(23)39)24-9-8-22(37)18-26(24)41-35(36)47/h2-4,7-10,17-18,20,29-31H,5-6,11-16,19H2,1H3,(H,41,47)/t29-,30+,31-,36+/m0/s1. The number of imidazole rings is 1. The summed E-state index contributed by atoms with van der Waals surface area (Å²) in [5.74, 6) is -0.301. The summed E-state index contributed by atoms with van der Waals surface area (Å²) >= 11 is 12.9. The van der Waals surface area contributed by atoms with Crippen molar-refractivity contribution in [2.75, 3.05) is 45.1 Å². The number of hydrogen-bond donors (Lipinski definition) is 1. The number of likely N-dealkylation sites (tertiary alicyclic amines) is 1. The van der Waals surface area contributed by atoms with Crippen molar-refractivity contribution >= 4 is 51.7 Å². The Morgan fingerprint density at radius 1 is 1.02 bits per heavy atom. The normalized spacial score (nSPS) is 27.3. The van der Waals surface area contributed by atoms with Crippen LogP contribution in [0.5, 0.6) is 0 Å². The molecule has 0 bridgehead atoms. The van der Waals surface area contributed by atoms with Crippen LogP contribution in [0.2, 0.25) is 10.0 Å². The first-order chi connectivity index (χ1) is 22.8. The van der Waals surface area contributed by atoms with Gasteiger partial charge in [0.25, 0.3) is 5.91 Å². The molecule has 47 heavy (non-hydrogen) atoms. The SMILES string of the molecule is CN1CCN(C(=O)c2ccc3c(c2)nc2n3CC[C@H]3[C@@H]2[C@H](c2cccc(Cl)c2F)[C@]2(C(=O)Nc4cc(Cl)ccc42)N3CC2CC2)CC1. The predicted molar refractivity (Wildman–Crippen MR) is 180 cm³/mol. The van der Waals surface area contributed by atoms with Crippen LogP contribution in [0.15, 0.2) is 54.6 Å². The summed E-state index contributed by atoms with van der Waals surface area (Å²) in [6.07, 6.45) is 2.99. The number of rotatable bonds is 4. The Morgan fingerprint density at radius 2 is 1.83 bits per heavy atom. The second kappa shape index (κ2) is 10.8. The Kier molecular flexibility index (Phi) is 6.78. The van der Waals surface area contributed by atoms with Crippen molar-refractivity contribution in [2.24, 2.45) is 5.92 Å². The summed E-state index contributed by atoms with van der Waals surface area (Å²) in [6, 6.07) is 16.4. The monoisotopic (exact) mass is 672 g/mol. The highest BCUT2D eigenvalue weighted by atomic mass is 35.5. The molecular weight excluding hydrogens is 638 g/mol. The molecule has 11 heteroatoms. The second-order valence-electron chi connectivity index (χ2n) is 13.9. The Morgan fingerprint density at radius 3 is 2.62 bits per heavy atom. The van der Waals surface area contributed by atoms with Gasteiger partial charge in [-0.2, -0.15) is 0 Å². The van der Waals surface area contributed by atoms with Gasteiger partial charge in [0.05, 0.1) is 16.1 Å². The van der Waals surface area contributed by atoms with E-state index in [-0.39, 0.29) is 28.8 Å². The summed E-state index contributed by atoms with van der Waals surface area (Å²) in [5, 5.41) is 3.71. The molecule has 3 fully saturated rings. The zero-order valence-corrected chi connectivity index (χ0v) is 27.6. The number of nitrogens with one attached hydrogen (secondary N) is 1. The van der Waals surface area contributed by atoms with Crippen LogP contribution >= 0.6 is 23.2 Å². The fraction of sp³-hybridized carbons (Fsp3) is 0.417. The number of carbonyl (C=O) groups excluding carboxylic acids is 2. The first kappa shape index (κ1) is 29.6. The first-order valence-corrected chi connectivity index (χ1v) is 17.3. The smallest absolute Gasteiger partial charge is 0.254 e. The maximum absolute atomic E-state index is 16.4. The van der Waals surface area contributed by atoms with E-state index in [9.17, 15) is 9.59 Å². The molecule has 5 aliphatic rings. The lowest BCUT2D eigenvalue weighted by Gasteiger charge is -2.40. The molecule has 1 spiro atoms. The van der Waals surface area contributed by atoms with Gasteiger partial charge in [0.2, 0.25) is 5.91 Å². The number of fused-ring (bicyclic) bond motifs is 7. The molecule has 0 radical (unpaired) electrons. The zero-order valence-electron chi connectivity index (χ0n) is 26.1. The Balaban J connectivity index is 1.23. The minimum Gasteiger partial charge on any atom is -0.336 e. The van der Waals surface area contributed by atoms with Crippen LogP contribution in [0.25, 0.3) is 11.0 Å². The Bertz CT molecular complexity index is 1970. The Hall–Kier alpha value is -3.50. The summed E-state index contributed by atoms with van der Waals surface area (Å²) in [7, 11) is 2.07. The van der Waals surface area contributed by atoms with E-state index in [1.807, 2.05) is 35.2 Å². The molecule has 0 unspecified atom stereocenters. The van der Waals surface area contributed by atoms with Gasteiger partial charge < -0.3 is 19.7 Å². The highest BCUT2D eigenvalue weighted by Crippen LogP contribution is 2.64. The number of benzene rings is 3. The number of nitrogens with zero attached hydrogens (tertiary/aromatic N) is 5. The predicted octanol–water partition coefficient (Wildman–Crippen LogP) is 6.08. The van der Waals surface area contributed by atoms with Crippen molar-refractivity contribution in [3.05, 3.63) is 93.0 Å². The van der Waals surface area contributed by atoms with Gasteiger partial charge in [-0.3, -0.25) is 14.5 Å². The van der Waals surface area contributed by atoms with Crippen LogP contribution in [0, 0.1) is 11.7 Å². The van der Waals surface area contributed by atoms with E-state index in [2.05, 4.69) is 26.7 Å².